The molecule has 0 spiro atoms. The first-order valence-electron chi connectivity index (χ1n) is 13.5. The molecule has 200 valence electrons. The number of aryl methyl sites for hydroxylation is 1. The number of carboxylic acid groups (broad SMARTS) is 1. The number of hydrogen-bond acceptors (Lipinski definition) is 4. The number of nitrogens with zero attached hydrogens (tertiary/aromatic N) is 2. The van der Waals surface area contributed by atoms with Gasteiger partial charge in [-0.05, 0) is 72.6 Å². The number of aliphatic carboxylic acids is 1. The summed E-state index contributed by atoms with van der Waals surface area (Å²) < 4.78 is 1.61. The number of rotatable bonds is 9. The molecule has 39 heavy (non-hydrogen) atoms. The van der Waals surface area contributed by atoms with E-state index >= 15 is 0 Å². The van der Waals surface area contributed by atoms with Gasteiger partial charge >= 0.3 is 5.97 Å². The molecule has 1 fully saturated rings. The second-order valence-corrected chi connectivity index (χ2v) is 10.4. The van der Waals surface area contributed by atoms with Crippen LogP contribution in [0, 0.1) is 12.8 Å². The Morgan fingerprint density at radius 1 is 1.03 bits per heavy atom. The number of carbonyl (C=O) groups excluding carboxylic acids is 1. The molecule has 4 aromatic rings. The molecule has 1 atom stereocenters. The van der Waals surface area contributed by atoms with Crippen molar-refractivity contribution in [2.45, 2.75) is 57.9 Å². The molecule has 5 rings (SSSR count). The zero-order valence-corrected chi connectivity index (χ0v) is 22.1. The van der Waals surface area contributed by atoms with Crippen molar-refractivity contribution in [3.8, 4) is 0 Å². The molecule has 7 heteroatoms. The Bertz CT molecular complexity index is 1550. The molecule has 1 saturated carbocycles. The van der Waals surface area contributed by atoms with E-state index in [1.165, 1.54) is 0 Å². The van der Waals surface area contributed by atoms with Gasteiger partial charge in [0.25, 0.3) is 5.56 Å². The smallest absolute Gasteiger partial charge is 0.303 e. The van der Waals surface area contributed by atoms with Gasteiger partial charge in [-0.25, -0.2) is 4.98 Å². The van der Waals surface area contributed by atoms with Gasteiger partial charge < -0.3 is 10.4 Å². The van der Waals surface area contributed by atoms with Crippen LogP contribution in [0.4, 0.5) is 5.69 Å². The minimum atomic E-state index is -0.838. The van der Waals surface area contributed by atoms with Gasteiger partial charge in [-0.2, -0.15) is 0 Å². The van der Waals surface area contributed by atoms with E-state index in [0.717, 1.165) is 53.6 Å². The van der Waals surface area contributed by atoms with E-state index in [0.29, 0.717) is 23.9 Å². The molecule has 0 aliphatic heterocycles. The number of hydrogen-bond donors (Lipinski definition) is 2. The highest BCUT2D eigenvalue weighted by Crippen LogP contribution is 2.38. The van der Waals surface area contributed by atoms with Crippen molar-refractivity contribution in [2.24, 2.45) is 5.92 Å². The molecule has 1 aliphatic rings. The molecule has 1 heterocycles. The standard InChI is InChI=1S/C32H33N3O4/c1-21-23(17-18-29(36)37)9-6-12-27(21)34-31(38)30(24-7-2-3-8-24)25-15-13-22(14-16-25)19-35-20-33-28-11-5-4-10-26(28)32(35)39/h4-6,9-16,20,24,30H,2-3,7-8,17-19H2,1H3,(H,34,38)(H,36,37). The van der Waals surface area contributed by atoms with Gasteiger partial charge in [-0.1, -0.05) is 61.4 Å². The first-order valence-corrected chi connectivity index (χ1v) is 13.5. The third-order valence-corrected chi connectivity index (χ3v) is 7.89. The molecule has 0 radical (unpaired) electrons. The highest BCUT2D eigenvalue weighted by molar-refractivity contribution is 5.97. The number of carboxylic acids is 1. The van der Waals surface area contributed by atoms with E-state index < -0.39 is 5.97 Å². The van der Waals surface area contributed by atoms with Crippen LogP contribution in [0.5, 0.6) is 0 Å². The monoisotopic (exact) mass is 523 g/mol. The maximum Gasteiger partial charge on any atom is 0.303 e. The Labute approximate surface area is 227 Å². The SMILES string of the molecule is Cc1c(CCC(=O)O)cccc1NC(=O)C(c1ccc(Cn2cnc3ccccc3c2=O)cc1)C1CCCC1. The predicted molar refractivity (Wildman–Crippen MR) is 152 cm³/mol. The molecule has 1 amide bonds. The Morgan fingerprint density at radius 2 is 1.77 bits per heavy atom. The maximum absolute atomic E-state index is 13.7. The molecule has 0 saturated heterocycles. The molecule has 1 unspecified atom stereocenters. The normalized spacial score (nSPS) is 14.4. The Kier molecular flexibility index (Phi) is 7.87. The van der Waals surface area contributed by atoms with Gasteiger partial charge in [0, 0.05) is 12.1 Å². The zero-order valence-electron chi connectivity index (χ0n) is 22.1. The van der Waals surface area contributed by atoms with Crippen LogP contribution in [0.25, 0.3) is 10.9 Å². The van der Waals surface area contributed by atoms with Crippen molar-refractivity contribution in [3.05, 3.63) is 106 Å². The van der Waals surface area contributed by atoms with E-state index in [2.05, 4.69) is 10.3 Å². The van der Waals surface area contributed by atoms with E-state index in [4.69, 9.17) is 5.11 Å². The fraction of sp³-hybridized carbons (Fsp3) is 0.312. The van der Waals surface area contributed by atoms with Crippen molar-refractivity contribution in [1.29, 1.82) is 0 Å². The largest absolute Gasteiger partial charge is 0.481 e. The van der Waals surface area contributed by atoms with Crippen molar-refractivity contribution >= 4 is 28.5 Å². The van der Waals surface area contributed by atoms with Gasteiger partial charge in [0.05, 0.1) is 29.7 Å². The van der Waals surface area contributed by atoms with Crippen LogP contribution < -0.4 is 10.9 Å². The lowest BCUT2D eigenvalue weighted by atomic mass is 9.83. The van der Waals surface area contributed by atoms with Gasteiger partial charge in [0.2, 0.25) is 5.91 Å². The first-order chi connectivity index (χ1) is 18.9. The summed E-state index contributed by atoms with van der Waals surface area (Å²) in [5.74, 6) is -0.897. The number of nitrogens with one attached hydrogen (secondary N) is 1. The number of carbonyl (C=O) groups is 2. The predicted octanol–water partition coefficient (Wildman–Crippen LogP) is 5.68. The summed E-state index contributed by atoms with van der Waals surface area (Å²) in [6.07, 6.45) is 6.32. The molecular weight excluding hydrogens is 490 g/mol. The quantitative estimate of drug-likeness (QED) is 0.294. The summed E-state index contributed by atoms with van der Waals surface area (Å²) >= 11 is 0. The number of amides is 1. The fourth-order valence-electron chi connectivity index (χ4n) is 5.72. The molecule has 0 bridgehead atoms. The topological polar surface area (TPSA) is 101 Å². The summed E-state index contributed by atoms with van der Waals surface area (Å²) in [4.78, 5) is 42.1. The van der Waals surface area contributed by atoms with Crippen LogP contribution in [-0.4, -0.2) is 26.5 Å². The van der Waals surface area contributed by atoms with Gasteiger partial charge in [0.1, 0.15) is 0 Å². The second-order valence-electron chi connectivity index (χ2n) is 10.4. The fourth-order valence-corrected chi connectivity index (χ4v) is 5.72. The van der Waals surface area contributed by atoms with Crippen LogP contribution in [-0.2, 0) is 22.6 Å². The van der Waals surface area contributed by atoms with Crippen molar-refractivity contribution < 1.29 is 14.7 Å². The van der Waals surface area contributed by atoms with Gasteiger partial charge in [-0.15, -0.1) is 0 Å². The molecule has 7 nitrogen and oxygen atoms in total. The molecule has 3 aromatic carbocycles. The minimum Gasteiger partial charge on any atom is -0.481 e. The first kappa shape index (κ1) is 26.4. The van der Waals surface area contributed by atoms with E-state index in [1.807, 2.05) is 67.6 Å². The lowest BCUT2D eigenvalue weighted by Crippen LogP contribution is -2.27. The summed E-state index contributed by atoms with van der Waals surface area (Å²) in [7, 11) is 0. The van der Waals surface area contributed by atoms with E-state index in [-0.39, 0.29) is 29.7 Å². The number of aromatic nitrogens is 2. The van der Waals surface area contributed by atoms with Gasteiger partial charge in [-0.3, -0.25) is 19.0 Å². The summed E-state index contributed by atoms with van der Waals surface area (Å²) in [5.41, 5.74) is 5.09. The summed E-state index contributed by atoms with van der Waals surface area (Å²) in [5, 5.41) is 12.8. The third-order valence-electron chi connectivity index (χ3n) is 7.89. The van der Waals surface area contributed by atoms with Gasteiger partial charge in [0.15, 0.2) is 0 Å². The molecule has 2 N–H and O–H groups in total. The van der Waals surface area contributed by atoms with E-state index in [9.17, 15) is 14.4 Å². The Hall–Kier alpha value is -4.26. The van der Waals surface area contributed by atoms with Crippen molar-refractivity contribution in [2.75, 3.05) is 5.32 Å². The highest BCUT2D eigenvalue weighted by atomic mass is 16.4. The maximum atomic E-state index is 13.7. The number of para-hydroxylation sites is 1. The van der Waals surface area contributed by atoms with E-state index in [1.54, 1.807) is 17.0 Å². The van der Waals surface area contributed by atoms with Crippen LogP contribution >= 0.6 is 0 Å². The number of anilines is 1. The third kappa shape index (κ3) is 5.93. The van der Waals surface area contributed by atoms with Crippen LogP contribution in [0.1, 0.15) is 60.3 Å². The molecular formula is C32H33N3O4. The van der Waals surface area contributed by atoms with Crippen LogP contribution in [0.3, 0.4) is 0 Å². The number of benzene rings is 3. The Morgan fingerprint density at radius 3 is 2.51 bits per heavy atom. The number of fused-ring (bicyclic) bond motifs is 1. The average Bonchev–Trinajstić information content (AvgIpc) is 3.46. The lowest BCUT2D eigenvalue weighted by molar-refractivity contribution is -0.137. The second kappa shape index (κ2) is 11.6. The Balaban J connectivity index is 1.36. The summed E-state index contributed by atoms with van der Waals surface area (Å²) in [6.45, 7) is 2.33. The summed E-state index contributed by atoms with van der Waals surface area (Å²) in [6, 6.07) is 21.0. The lowest BCUT2D eigenvalue weighted by Gasteiger charge is -2.24. The minimum absolute atomic E-state index is 0.0388. The zero-order chi connectivity index (χ0) is 27.4. The van der Waals surface area contributed by atoms with Crippen LogP contribution in [0.2, 0.25) is 0 Å². The highest BCUT2D eigenvalue weighted by Gasteiger charge is 2.32. The van der Waals surface area contributed by atoms with Crippen LogP contribution in [0.15, 0.2) is 77.9 Å². The molecule has 1 aromatic heterocycles. The molecule has 1 aliphatic carbocycles. The average molecular weight is 524 g/mol. The van der Waals surface area contributed by atoms with Crippen molar-refractivity contribution in [1.82, 2.24) is 9.55 Å². The van der Waals surface area contributed by atoms with Crippen molar-refractivity contribution in [3.63, 3.8) is 0 Å².